The van der Waals surface area contributed by atoms with Crippen LogP contribution in [0.15, 0.2) is 18.3 Å². The third kappa shape index (κ3) is 2.45. The lowest BCUT2D eigenvalue weighted by molar-refractivity contribution is -0.148. The molecular formula is C13H11ClN2O3. The summed E-state index contributed by atoms with van der Waals surface area (Å²) in [6.07, 6.45) is 1.86. The molecule has 0 spiro atoms. The highest BCUT2D eigenvalue weighted by molar-refractivity contribution is 6.29. The molecule has 1 aliphatic carbocycles. The van der Waals surface area contributed by atoms with Crippen LogP contribution in [-0.4, -0.2) is 21.8 Å². The van der Waals surface area contributed by atoms with E-state index < -0.39 is 17.3 Å². The smallest absolute Gasteiger partial charge is 0.314 e. The van der Waals surface area contributed by atoms with Gasteiger partial charge in [-0.3, -0.25) is 9.59 Å². The van der Waals surface area contributed by atoms with E-state index in [0.29, 0.717) is 17.1 Å². The van der Waals surface area contributed by atoms with Gasteiger partial charge in [0.05, 0.1) is 11.5 Å². The van der Waals surface area contributed by atoms with E-state index in [9.17, 15) is 14.9 Å². The number of hydrogen-bond acceptors (Lipinski definition) is 4. The monoisotopic (exact) mass is 278 g/mol. The Hall–Kier alpha value is -1.93. The minimum absolute atomic E-state index is 0.0129. The molecule has 1 aliphatic rings. The second kappa shape index (κ2) is 4.98. The second-order valence-corrected chi connectivity index (χ2v) is 5.01. The van der Waals surface area contributed by atoms with Crippen molar-refractivity contribution in [2.24, 2.45) is 5.92 Å². The number of carbonyl (C=O) groups excluding carboxylic acids is 1. The summed E-state index contributed by atoms with van der Waals surface area (Å²) in [4.78, 5) is 26.6. The first-order valence-electron chi connectivity index (χ1n) is 5.77. The van der Waals surface area contributed by atoms with Crippen LogP contribution in [0, 0.1) is 17.2 Å². The van der Waals surface area contributed by atoms with Gasteiger partial charge in [0.1, 0.15) is 16.9 Å². The molecule has 0 saturated heterocycles. The maximum atomic E-state index is 11.6. The summed E-state index contributed by atoms with van der Waals surface area (Å²) in [5.74, 6) is -2.62. The first-order chi connectivity index (χ1) is 8.98. The number of rotatable bonds is 2. The van der Waals surface area contributed by atoms with Crippen LogP contribution in [0.3, 0.4) is 0 Å². The Kier molecular flexibility index (Phi) is 3.54. The molecule has 0 radical (unpaired) electrons. The number of carbonyl (C=O) groups is 2. The number of aliphatic carboxylic acids is 1. The van der Waals surface area contributed by atoms with E-state index in [2.05, 4.69) is 11.1 Å². The van der Waals surface area contributed by atoms with Gasteiger partial charge in [-0.1, -0.05) is 17.7 Å². The lowest BCUT2D eigenvalue weighted by atomic mass is 9.66. The van der Waals surface area contributed by atoms with Crippen LogP contribution in [0.5, 0.6) is 0 Å². The molecule has 0 bridgehead atoms. The van der Waals surface area contributed by atoms with Gasteiger partial charge in [-0.05, 0) is 24.5 Å². The Morgan fingerprint density at radius 3 is 2.84 bits per heavy atom. The molecule has 0 amide bonds. The van der Waals surface area contributed by atoms with Crippen molar-refractivity contribution in [1.82, 2.24) is 4.98 Å². The van der Waals surface area contributed by atoms with Gasteiger partial charge in [-0.2, -0.15) is 5.26 Å². The molecule has 2 rings (SSSR count). The zero-order chi connectivity index (χ0) is 14.0. The average Bonchev–Trinajstić information content (AvgIpc) is 2.40. The fourth-order valence-electron chi connectivity index (χ4n) is 2.39. The Morgan fingerprint density at radius 1 is 1.58 bits per heavy atom. The average molecular weight is 279 g/mol. The van der Waals surface area contributed by atoms with Gasteiger partial charge >= 0.3 is 5.97 Å². The molecule has 98 valence electrons. The molecule has 1 aromatic heterocycles. The van der Waals surface area contributed by atoms with Crippen molar-refractivity contribution in [2.75, 3.05) is 0 Å². The summed E-state index contributed by atoms with van der Waals surface area (Å²) in [6, 6.07) is 5.38. The number of pyridine rings is 1. The Bertz CT molecular complexity index is 564. The first-order valence-corrected chi connectivity index (χ1v) is 6.15. The largest absolute Gasteiger partial charge is 0.481 e. The predicted molar refractivity (Wildman–Crippen MR) is 66.5 cm³/mol. The van der Waals surface area contributed by atoms with Crippen molar-refractivity contribution in [3.05, 3.63) is 29.0 Å². The van der Waals surface area contributed by atoms with E-state index >= 15 is 0 Å². The van der Waals surface area contributed by atoms with Crippen LogP contribution in [0.4, 0.5) is 0 Å². The van der Waals surface area contributed by atoms with Gasteiger partial charge in [0.2, 0.25) is 0 Å². The number of nitriles is 1. The molecule has 1 N–H and O–H groups in total. The van der Waals surface area contributed by atoms with Crippen molar-refractivity contribution in [3.63, 3.8) is 0 Å². The Balaban J connectivity index is 2.39. The second-order valence-electron chi connectivity index (χ2n) is 4.62. The zero-order valence-corrected chi connectivity index (χ0v) is 10.7. The standard InChI is InChI=1S/C13H11ClN2O3/c14-11-2-1-8(6-16-11)13(7-15)4-3-10(17)9(5-13)12(18)19/h1-2,6,9H,3-5H2,(H,18,19). The van der Waals surface area contributed by atoms with Crippen LogP contribution < -0.4 is 0 Å². The van der Waals surface area contributed by atoms with Crippen molar-refractivity contribution in [1.29, 1.82) is 5.26 Å². The van der Waals surface area contributed by atoms with Crippen LogP contribution in [0.25, 0.3) is 0 Å². The topological polar surface area (TPSA) is 91.0 Å². The number of carboxylic acids is 1. The van der Waals surface area contributed by atoms with Gasteiger partial charge in [0.25, 0.3) is 0 Å². The molecule has 2 unspecified atom stereocenters. The fourth-order valence-corrected chi connectivity index (χ4v) is 2.50. The minimum Gasteiger partial charge on any atom is -0.481 e. The highest BCUT2D eigenvalue weighted by Crippen LogP contribution is 2.40. The summed E-state index contributed by atoms with van der Waals surface area (Å²) in [6.45, 7) is 0. The normalized spacial score (nSPS) is 26.7. The van der Waals surface area contributed by atoms with Crippen molar-refractivity contribution in [2.45, 2.75) is 24.7 Å². The molecular weight excluding hydrogens is 268 g/mol. The number of carboxylic acid groups (broad SMARTS) is 1. The van der Waals surface area contributed by atoms with Gasteiger partial charge in [0, 0.05) is 12.6 Å². The number of Topliss-reactive ketones (excluding diaryl/α,β-unsaturated/α-hetero) is 1. The molecule has 2 atom stereocenters. The molecule has 5 nitrogen and oxygen atoms in total. The lowest BCUT2D eigenvalue weighted by Crippen LogP contribution is -2.40. The molecule has 1 aromatic rings. The number of halogens is 1. The number of nitrogens with zero attached hydrogens (tertiary/aromatic N) is 2. The van der Waals surface area contributed by atoms with Crippen molar-refractivity contribution >= 4 is 23.4 Å². The van der Waals surface area contributed by atoms with Crippen molar-refractivity contribution < 1.29 is 14.7 Å². The Labute approximate surface area is 114 Å². The molecule has 6 heteroatoms. The summed E-state index contributed by atoms with van der Waals surface area (Å²) >= 11 is 5.70. The van der Waals surface area contributed by atoms with Crippen LogP contribution in [-0.2, 0) is 15.0 Å². The van der Waals surface area contributed by atoms with Gasteiger partial charge < -0.3 is 5.11 Å². The fraction of sp³-hybridized carbons (Fsp3) is 0.385. The maximum Gasteiger partial charge on any atom is 0.314 e. The minimum atomic E-state index is -1.17. The van der Waals surface area contributed by atoms with Gasteiger partial charge in [0.15, 0.2) is 0 Å². The molecule has 0 aromatic carbocycles. The van der Waals surface area contributed by atoms with E-state index in [0.717, 1.165) is 0 Å². The highest BCUT2D eigenvalue weighted by atomic mass is 35.5. The van der Waals surface area contributed by atoms with Crippen LogP contribution in [0.1, 0.15) is 24.8 Å². The first kappa shape index (κ1) is 13.5. The summed E-state index contributed by atoms with van der Waals surface area (Å²) < 4.78 is 0. The van der Waals surface area contributed by atoms with Crippen LogP contribution in [0.2, 0.25) is 5.15 Å². The predicted octanol–water partition coefficient (Wildman–Crippen LogP) is 1.95. The summed E-state index contributed by atoms with van der Waals surface area (Å²) in [5.41, 5.74) is -0.368. The van der Waals surface area contributed by atoms with Crippen LogP contribution >= 0.6 is 11.6 Å². The van der Waals surface area contributed by atoms with E-state index in [4.69, 9.17) is 16.7 Å². The van der Waals surface area contributed by atoms with Crippen molar-refractivity contribution in [3.8, 4) is 6.07 Å². The summed E-state index contributed by atoms with van der Waals surface area (Å²) in [5, 5.41) is 18.8. The SMILES string of the molecule is N#CC1(c2ccc(Cl)nc2)CCC(=O)C(C(=O)O)C1. The van der Waals surface area contributed by atoms with E-state index in [1.807, 2.05) is 0 Å². The molecule has 0 aliphatic heterocycles. The van der Waals surface area contributed by atoms with E-state index in [-0.39, 0.29) is 18.6 Å². The van der Waals surface area contributed by atoms with E-state index in [1.54, 1.807) is 12.1 Å². The number of hydrogen-bond donors (Lipinski definition) is 1. The van der Waals surface area contributed by atoms with Gasteiger partial charge in [-0.15, -0.1) is 0 Å². The number of ketones is 1. The molecule has 1 heterocycles. The van der Waals surface area contributed by atoms with E-state index in [1.165, 1.54) is 6.20 Å². The summed E-state index contributed by atoms with van der Waals surface area (Å²) in [7, 11) is 0. The highest BCUT2D eigenvalue weighted by Gasteiger charge is 2.45. The number of aromatic nitrogens is 1. The van der Waals surface area contributed by atoms with Gasteiger partial charge in [-0.25, -0.2) is 4.98 Å². The molecule has 1 saturated carbocycles. The molecule has 1 fully saturated rings. The molecule has 19 heavy (non-hydrogen) atoms. The zero-order valence-electron chi connectivity index (χ0n) is 9.97. The maximum absolute atomic E-state index is 11.6. The quantitative estimate of drug-likeness (QED) is 0.659. The third-order valence-corrected chi connectivity index (χ3v) is 3.76. The lowest BCUT2D eigenvalue weighted by Gasteiger charge is -2.33. The Morgan fingerprint density at radius 2 is 2.32 bits per heavy atom. The third-order valence-electron chi connectivity index (χ3n) is 3.53.